The number of amides is 1. The maximum absolute atomic E-state index is 13.1. The number of phenolic OH excluding ortho intramolecular Hbond substituents is 1. The van der Waals surface area contributed by atoms with Gasteiger partial charge in [0.05, 0.1) is 21.8 Å². The second-order valence-electron chi connectivity index (χ2n) is 7.30. The molecule has 0 fully saturated rings. The van der Waals surface area contributed by atoms with E-state index in [0.717, 1.165) is 11.1 Å². The van der Waals surface area contributed by atoms with Gasteiger partial charge in [-0.1, -0.05) is 59.6 Å². The summed E-state index contributed by atoms with van der Waals surface area (Å²) < 4.78 is 28.1. The number of carbonyl (C=O) groups excluding carboxylic acids is 1. The Kier molecular flexibility index (Phi) is 6.79. The Morgan fingerprint density at radius 2 is 1.41 bits per heavy atom. The lowest BCUT2D eigenvalue weighted by Crippen LogP contribution is -2.18. The molecule has 9 heteroatoms. The lowest BCUT2D eigenvalue weighted by atomic mass is 10.0. The largest absolute Gasteiger partial charge is 0.506 e. The van der Waals surface area contributed by atoms with Gasteiger partial charge in [-0.05, 0) is 65.7 Å². The van der Waals surface area contributed by atoms with Crippen LogP contribution >= 0.6 is 23.2 Å². The van der Waals surface area contributed by atoms with Crippen molar-refractivity contribution in [2.45, 2.75) is 4.90 Å². The number of anilines is 2. The smallest absolute Gasteiger partial charge is 0.261 e. The van der Waals surface area contributed by atoms with Crippen LogP contribution in [0, 0.1) is 0 Å². The minimum atomic E-state index is -4.00. The maximum atomic E-state index is 13.1. The quantitative estimate of drug-likeness (QED) is 0.259. The molecular weight excluding hydrogens is 495 g/mol. The number of aromatic hydroxyl groups is 1. The first kappa shape index (κ1) is 23.6. The van der Waals surface area contributed by atoms with Crippen molar-refractivity contribution in [3.63, 3.8) is 0 Å². The number of benzene rings is 4. The molecule has 34 heavy (non-hydrogen) atoms. The van der Waals surface area contributed by atoms with Gasteiger partial charge in [0, 0.05) is 10.0 Å². The number of nitrogens with one attached hydrogen (secondary N) is 2. The molecule has 0 atom stereocenters. The number of carbonyl (C=O) groups is 1. The minimum Gasteiger partial charge on any atom is -0.506 e. The van der Waals surface area contributed by atoms with E-state index in [1.807, 2.05) is 30.3 Å². The van der Waals surface area contributed by atoms with E-state index < -0.39 is 15.9 Å². The molecule has 0 unspecified atom stereocenters. The summed E-state index contributed by atoms with van der Waals surface area (Å²) in [5.41, 5.74) is 1.85. The highest BCUT2D eigenvalue weighted by molar-refractivity contribution is 7.92. The summed E-state index contributed by atoms with van der Waals surface area (Å²) in [6.45, 7) is 0. The summed E-state index contributed by atoms with van der Waals surface area (Å²) in [5.74, 6) is -0.796. The van der Waals surface area contributed by atoms with Gasteiger partial charge in [0.15, 0.2) is 0 Å². The van der Waals surface area contributed by atoms with Crippen LogP contribution in [-0.2, 0) is 10.0 Å². The molecule has 0 aromatic heterocycles. The molecule has 0 spiro atoms. The van der Waals surface area contributed by atoms with E-state index in [1.54, 1.807) is 12.1 Å². The highest BCUT2D eigenvalue weighted by Crippen LogP contribution is 2.31. The molecule has 4 aromatic carbocycles. The average Bonchev–Trinajstić information content (AvgIpc) is 2.82. The topological polar surface area (TPSA) is 95.5 Å². The van der Waals surface area contributed by atoms with Gasteiger partial charge < -0.3 is 10.4 Å². The Balaban J connectivity index is 1.65. The van der Waals surface area contributed by atoms with Gasteiger partial charge in [-0.15, -0.1) is 0 Å². The Morgan fingerprint density at radius 1 is 0.735 bits per heavy atom. The van der Waals surface area contributed by atoms with Crippen molar-refractivity contribution in [2.75, 3.05) is 10.0 Å². The predicted octanol–water partition coefficient (Wildman–Crippen LogP) is 6.42. The Bertz CT molecular complexity index is 1460. The monoisotopic (exact) mass is 512 g/mol. The van der Waals surface area contributed by atoms with E-state index in [1.165, 1.54) is 48.5 Å². The molecular formula is C25H18Cl2N2O4S. The fourth-order valence-corrected chi connectivity index (χ4v) is 4.62. The molecule has 0 bridgehead atoms. The lowest BCUT2D eigenvalue weighted by molar-refractivity contribution is 0.102. The van der Waals surface area contributed by atoms with E-state index in [9.17, 15) is 18.3 Å². The third-order valence-electron chi connectivity index (χ3n) is 4.95. The fraction of sp³-hybridized carbons (Fsp3) is 0. The van der Waals surface area contributed by atoms with Crippen LogP contribution in [0.15, 0.2) is 95.9 Å². The van der Waals surface area contributed by atoms with Crippen molar-refractivity contribution in [1.29, 1.82) is 0 Å². The van der Waals surface area contributed by atoms with Crippen LogP contribution in [-0.4, -0.2) is 19.4 Å². The SMILES string of the molecule is O=C(Nc1cc(-c2ccccc2)ccc1O)c1cc(Cl)ccc1NS(=O)(=O)c1ccc(Cl)cc1. The zero-order chi connectivity index (χ0) is 24.3. The normalized spacial score (nSPS) is 11.1. The van der Waals surface area contributed by atoms with Crippen molar-refractivity contribution in [3.8, 4) is 16.9 Å². The zero-order valence-electron chi connectivity index (χ0n) is 17.5. The van der Waals surface area contributed by atoms with Gasteiger partial charge in [0.2, 0.25) is 0 Å². The van der Waals surface area contributed by atoms with Gasteiger partial charge in [-0.25, -0.2) is 8.42 Å². The van der Waals surface area contributed by atoms with Crippen LogP contribution in [0.4, 0.5) is 11.4 Å². The number of hydrogen-bond donors (Lipinski definition) is 3. The van der Waals surface area contributed by atoms with Crippen molar-refractivity contribution >= 4 is 50.5 Å². The lowest BCUT2D eigenvalue weighted by Gasteiger charge is -2.14. The van der Waals surface area contributed by atoms with Crippen LogP contribution < -0.4 is 10.0 Å². The van der Waals surface area contributed by atoms with E-state index in [2.05, 4.69) is 10.0 Å². The first-order valence-electron chi connectivity index (χ1n) is 10.0. The van der Waals surface area contributed by atoms with Crippen molar-refractivity contribution in [3.05, 3.63) is 107 Å². The molecule has 0 aliphatic heterocycles. The van der Waals surface area contributed by atoms with E-state index >= 15 is 0 Å². The summed E-state index contributed by atoms with van der Waals surface area (Å²) in [4.78, 5) is 13.1. The van der Waals surface area contributed by atoms with Gasteiger partial charge in [0.1, 0.15) is 5.75 Å². The third kappa shape index (κ3) is 5.34. The fourth-order valence-electron chi connectivity index (χ4n) is 3.25. The molecule has 0 radical (unpaired) electrons. The highest BCUT2D eigenvalue weighted by Gasteiger charge is 2.20. The van der Waals surface area contributed by atoms with Crippen LogP contribution in [0.3, 0.4) is 0 Å². The van der Waals surface area contributed by atoms with Crippen molar-refractivity contribution < 1.29 is 18.3 Å². The summed E-state index contributed by atoms with van der Waals surface area (Å²) in [5, 5.41) is 13.6. The summed E-state index contributed by atoms with van der Waals surface area (Å²) in [7, 11) is -4.00. The second kappa shape index (κ2) is 9.77. The minimum absolute atomic E-state index is 0.0189. The molecule has 3 N–H and O–H groups in total. The first-order valence-corrected chi connectivity index (χ1v) is 12.2. The van der Waals surface area contributed by atoms with E-state index in [4.69, 9.17) is 23.2 Å². The standard InChI is InChI=1S/C25H18Cl2N2O4S/c26-18-7-10-20(11-8-18)34(32,33)29-22-12-9-19(27)15-21(22)25(31)28-23-14-17(6-13-24(23)30)16-4-2-1-3-5-16/h1-15,29-30H,(H,28,31). The summed E-state index contributed by atoms with van der Waals surface area (Å²) >= 11 is 11.9. The van der Waals surface area contributed by atoms with Crippen LogP contribution in [0.2, 0.25) is 10.0 Å². The third-order valence-corrected chi connectivity index (χ3v) is 6.81. The second-order valence-corrected chi connectivity index (χ2v) is 9.86. The molecule has 0 aliphatic carbocycles. The number of rotatable bonds is 6. The highest BCUT2D eigenvalue weighted by atomic mass is 35.5. The number of halogens is 2. The van der Waals surface area contributed by atoms with Crippen molar-refractivity contribution in [2.24, 2.45) is 0 Å². The van der Waals surface area contributed by atoms with Crippen molar-refractivity contribution in [1.82, 2.24) is 0 Å². The maximum Gasteiger partial charge on any atom is 0.261 e. The average molecular weight is 513 g/mol. The van der Waals surface area contributed by atoms with E-state index in [-0.39, 0.29) is 32.6 Å². The molecule has 0 saturated heterocycles. The molecule has 4 aromatic rings. The van der Waals surface area contributed by atoms with Crippen LogP contribution in [0.1, 0.15) is 10.4 Å². The molecule has 4 rings (SSSR count). The molecule has 1 amide bonds. The zero-order valence-corrected chi connectivity index (χ0v) is 19.8. The summed E-state index contributed by atoms with van der Waals surface area (Å²) in [6.07, 6.45) is 0. The van der Waals surface area contributed by atoms with Gasteiger partial charge >= 0.3 is 0 Å². The Labute approximate surface area is 206 Å². The molecule has 0 heterocycles. The predicted molar refractivity (Wildman–Crippen MR) is 135 cm³/mol. The van der Waals surface area contributed by atoms with Gasteiger partial charge in [0.25, 0.3) is 15.9 Å². The Hall–Kier alpha value is -3.52. The summed E-state index contributed by atoms with van der Waals surface area (Å²) in [6, 6.07) is 24.1. The number of phenols is 1. The first-order chi connectivity index (χ1) is 16.2. The number of sulfonamides is 1. The Morgan fingerprint density at radius 3 is 2.12 bits per heavy atom. The molecule has 172 valence electrons. The van der Waals surface area contributed by atoms with Gasteiger partial charge in [-0.3, -0.25) is 9.52 Å². The van der Waals surface area contributed by atoms with Gasteiger partial charge in [-0.2, -0.15) is 0 Å². The molecule has 6 nitrogen and oxygen atoms in total. The molecule has 0 aliphatic rings. The molecule has 0 saturated carbocycles. The number of hydrogen-bond acceptors (Lipinski definition) is 4. The van der Waals surface area contributed by atoms with Crippen LogP contribution in [0.25, 0.3) is 11.1 Å². The van der Waals surface area contributed by atoms with E-state index in [0.29, 0.717) is 5.02 Å². The van der Waals surface area contributed by atoms with Crippen LogP contribution in [0.5, 0.6) is 5.75 Å².